The minimum atomic E-state index is 0.550. The molecule has 0 bridgehead atoms. The zero-order valence-electron chi connectivity index (χ0n) is 10.00. The van der Waals surface area contributed by atoms with Gasteiger partial charge in [0.2, 0.25) is 5.89 Å². The first-order valence-corrected chi connectivity index (χ1v) is 5.74. The maximum atomic E-state index is 5.01. The van der Waals surface area contributed by atoms with Crippen LogP contribution in [-0.2, 0) is 13.1 Å². The fourth-order valence-electron chi connectivity index (χ4n) is 1.78. The third kappa shape index (κ3) is 2.23. The summed E-state index contributed by atoms with van der Waals surface area (Å²) < 4.78 is 7.01. The van der Waals surface area contributed by atoms with Crippen molar-refractivity contribution in [1.29, 1.82) is 0 Å². The van der Waals surface area contributed by atoms with Crippen molar-refractivity contribution in [3.8, 4) is 0 Å². The molecule has 0 aliphatic rings. The monoisotopic (exact) mass is 243 g/mol. The maximum absolute atomic E-state index is 5.01. The number of aromatic nitrogens is 4. The molecule has 3 aromatic rings. The van der Waals surface area contributed by atoms with E-state index in [0.29, 0.717) is 24.8 Å². The molecule has 92 valence electrons. The molecule has 3 heterocycles. The molecule has 3 rings (SSSR count). The molecule has 0 aliphatic carbocycles. The standard InChI is InChI=1S/C12H13N5O/c1-9-14-12(18-16-9)7-13-6-10-8-17-5-3-2-4-11(17)15-10/h2-5,8,13H,6-7H2,1H3. The van der Waals surface area contributed by atoms with Crippen LogP contribution in [0.15, 0.2) is 35.1 Å². The van der Waals surface area contributed by atoms with Crippen LogP contribution in [0.25, 0.3) is 5.65 Å². The van der Waals surface area contributed by atoms with Gasteiger partial charge in [-0.25, -0.2) is 4.98 Å². The van der Waals surface area contributed by atoms with Crippen molar-refractivity contribution >= 4 is 5.65 Å². The molecule has 0 radical (unpaired) electrons. The van der Waals surface area contributed by atoms with Crippen LogP contribution in [0.2, 0.25) is 0 Å². The number of hydrogen-bond donors (Lipinski definition) is 1. The lowest BCUT2D eigenvalue weighted by Gasteiger charge is -1.96. The number of nitrogens with one attached hydrogen (secondary N) is 1. The lowest BCUT2D eigenvalue weighted by molar-refractivity contribution is 0.364. The summed E-state index contributed by atoms with van der Waals surface area (Å²) in [5.41, 5.74) is 1.93. The number of imidazole rings is 1. The van der Waals surface area contributed by atoms with Crippen LogP contribution < -0.4 is 5.32 Å². The van der Waals surface area contributed by atoms with E-state index >= 15 is 0 Å². The van der Waals surface area contributed by atoms with Crippen molar-refractivity contribution in [2.24, 2.45) is 0 Å². The normalized spacial score (nSPS) is 11.2. The van der Waals surface area contributed by atoms with E-state index in [2.05, 4.69) is 20.4 Å². The molecule has 18 heavy (non-hydrogen) atoms. The molecule has 0 unspecified atom stereocenters. The number of hydrogen-bond acceptors (Lipinski definition) is 5. The third-order valence-corrected chi connectivity index (χ3v) is 2.57. The van der Waals surface area contributed by atoms with E-state index in [4.69, 9.17) is 4.52 Å². The molecule has 0 aromatic carbocycles. The average Bonchev–Trinajstić information content (AvgIpc) is 2.95. The predicted octanol–water partition coefficient (Wildman–Crippen LogP) is 1.32. The van der Waals surface area contributed by atoms with Gasteiger partial charge >= 0.3 is 0 Å². The van der Waals surface area contributed by atoms with Crippen molar-refractivity contribution in [3.63, 3.8) is 0 Å². The van der Waals surface area contributed by atoms with Crippen LogP contribution >= 0.6 is 0 Å². The molecule has 6 nitrogen and oxygen atoms in total. The molecule has 0 aliphatic heterocycles. The highest BCUT2D eigenvalue weighted by atomic mass is 16.5. The molecule has 0 atom stereocenters. The van der Waals surface area contributed by atoms with Gasteiger partial charge < -0.3 is 14.2 Å². The fraction of sp³-hybridized carbons (Fsp3) is 0.250. The van der Waals surface area contributed by atoms with Crippen molar-refractivity contribution in [3.05, 3.63) is 48.0 Å². The van der Waals surface area contributed by atoms with Crippen LogP contribution in [0, 0.1) is 6.92 Å². The van der Waals surface area contributed by atoms with Gasteiger partial charge in [0, 0.05) is 18.9 Å². The lowest BCUT2D eigenvalue weighted by atomic mass is 10.4. The van der Waals surface area contributed by atoms with Crippen LogP contribution in [0.4, 0.5) is 0 Å². The summed E-state index contributed by atoms with van der Waals surface area (Å²) in [5.74, 6) is 1.25. The topological polar surface area (TPSA) is 68.2 Å². The molecule has 0 saturated heterocycles. The predicted molar refractivity (Wildman–Crippen MR) is 64.8 cm³/mol. The quantitative estimate of drug-likeness (QED) is 0.748. The Morgan fingerprint density at radius 1 is 1.28 bits per heavy atom. The molecular weight excluding hydrogens is 230 g/mol. The Kier molecular flexibility index (Phi) is 2.77. The van der Waals surface area contributed by atoms with Gasteiger partial charge in [-0.05, 0) is 19.1 Å². The number of nitrogens with zero attached hydrogens (tertiary/aromatic N) is 4. The number of aryl methyl sites for hydroxylation is 1. The first-order chi connectivity index (χ1) is 8.81. The van der Waals surface area contributed by atoms with Gasteiger partial charge in [-0.15, -0.1) is 0 Å². The maximum Gasteiger partial charge on any atom is 0.240 e. The molecule has 0 saturated carbocycles. The molecule has 6 heteroatoms. The lowest BCUT2D eigenvalue weighted by Crippen LogP contribution is -2.13. The summed E-state index contributed by atoms with van der Waals surface area (Å²) in [5, 5.41) is 6.95. The number of rotatable bonds is 4. The highest BCUT2D eigenvalue weighted by molar-refractivity contribution is 5.39. The Hall–Kier alpha value is -2.21. The van der Waals surface area contributed by atoms with E-state index in [1.54, 1.807) is 6.92 Å². The average molecular weight is 243 g/mol. The number of fused-ring (bicyclic) bond motifs is 1. The summed E-state index contributed by atoms with van der Waals surface area (Å²) >= 11 is 0. The van der Waals surface area contributed by atoms with Gasteiger partial charge in [-0.3, -0.25) is 0 Å². The third-order valence-electron chi connectivity index (χ3n) is 2.57. The molecule has 3 aromatic heterocycles. The second-order valence-corrected chi connectivity index (χ2v) is 4.04. The van der Waals surface area contributed by atoms with Crippen molar-refractivity contribution in [2.45, 2.75) is 20.0 Å². The Morgan fingerprint density at radius 2 is 2.22 bits per heavy atom. The van der Waals surface area contributed by atoms with Crippen LogP contribution in [-0.4, -0.2) is 19.5 Å². The molecule has 0 fully saturated rings. The summed E-state index contributed by atoms with van der Waals surface area (Å²) in [4.78, 5) is 8.60. The van der Waals surface area contributed by atoms with E-state index in [-0.39, 0.29) is 0 Å². The summed E-state index contributed by atoms with van der Waals surface area (Å²) in [6.45, 7) is 3.02. The van der Waals surface area contributed by atoms with Crippen LogP contribution in [0.3, 0.4) is 0 Å². The van der Waals surface area contributed by atoms with Gasteiger partial charge in [-0.2, -0.15) is 4.98 Å². The molecular formula is C12H13N5O. The van der Waals surface area contributed by atoms with Gasteiger partial charge in [-0.1, -0.05) is 11.2 Å². The van der Waals surface area contributed by atoms with Gasteiger partial charge in [0.15, 0.2) is 5.82 Å². The minimum Gasteiger partial charge on any atom is -0.338 e. The zero-order valence-corrected chi connectivity index (χ0v) is 10.00. The van der Waals surface area contributed by atoms with Gasteiger partial charge in [0.25, 0.3) is 0 Å². The number of pyridine rings is 1. The Labute approximate surface area is 104 Å². The van der Waals surface area contributed by atoms with E-state index in [1.807, 2.05) is 35.0 Å². The SMILES string of the molecule is Cc1noc(CNCc2cn3ccccc3n2)n1. The summed E-state index contributed by atoms with van der Waals surface area (Å²) in [6.07, 6.45) is 3.98. The van der Waals surface area contributed by atoms with E-state index < -0.39 is 0 Å². The fourth-order valence-corrected chi connectivity index (χ4v) is 1.78. The van der Waals surface area contributed by atoms with Crippen LogP contribution in [0.1, 0.15) is 17.4 Å². The van der Waals surface area contributed by atoms with Gasteiger partial charge in [0.1, 0.15) is 5.65 Å². The van der Waals surface area contributed by atoms with Crippen molar-refractivity contribution < 1.29 is 4.52 Å². The molecule has 0 spiro atoms. The molecule has 1 N–H and O–H groups in total. The Balaban J connectivity index is 1.62. The Morgan fingerprint density at radius 3 is 3.00 bits per heavy atom. The first kappa shape index (κ1) is 10.9. The van der Waals surface area contributed by atoms with E-state index in [0.717, 1.165) is 11.3 Å². The van der Waals surface area contributed by atoms with Crippen molar-refractivity contribution in [1.82, 2.24) is 24.8 Å². The van der Waals surface area contributed by atoms with Crippen LogP contribution in [0.5, 0.6) is 0 Å². The smallest absolute Gasteiger partial charge is 0.240 e. The molecule has 0 amide bonds. The van der Waals surface area contributed by atoms with Gasteiger partial charge in [0.05, 0.1) is 12.2 Å². The highest BCUT2D eigenvalue weighted by Gasteiger charge is 2.03. The minimum absolute atomic E-state index is 0.550. The van der Waals surface area contributed by atoms with Crippen molar-refractivity contribution in [2.75, 3.05) is 0 Å². The second kappa shape index (κ2) is 4.58. The zero-order chi connectivity index (χ0) is 12.4. The highest BCUT2D eigenvalue weighted by Crippen LogP contribution is 2.04. The summed E-state index contributed by atoms with van der Waals surface area (Å²) in [6, 6.07) is 5.93. The van der Waals surface area contributed by atoms with E-state index in [1.165, 1.54) is 0 Å². The summed E-state index contributed by atoms with van der Waals surface area (Å²) in [7, 11) is 0. The van der Waals surface area contributed by atoms with E-state index in [9.17, 15) is 0 Å². The Bertz CT molecular complexity index is 624. The second-order valence-electron chi connectivity index (χ2n) is 4.04. The first-order valence-electron chi connectivity index (χ1n) is 5.74. The largest absolute Gasteiger partial charge is 0.338 e.